The van der Waals surface area contributed by atoms with E-state index in [-0.39, 0.29) is 30.3 Å². The van der Waals surface area contributed by atoms with Crippen LogP contribution in [0.5, 0.6) is 0 Å². The quantitative estimate of drug-likeness (QED) is 0.829. The van der Waals surface area contributed by atoms with Gasteiger partial charge in [0, 0.05) is 39.1 Å². The van der Waals surface area contributed by atoms with Gasteiger partial charge in [-0.3, -0.25) is 9.59 Å². The summed E-state index contributed by atoms with van der Waals surface area (Å²) in [6, 6.07) is -0.192. The Hall–Kier alpha value is -0.810. The Morgan fingerprint density at radius 1 is 1.21 bits per heavy atom. The van der Waals surface area contributed by atoms with Crippen molar-refractivity contribution >= 4 is 24.2 Å². The van der Waals surface area contributed by atoms with Crippen molar-refractivity contribution in [3.8, 4) is 0 Å². The molecule has 1 atom stereocenters. The van der Waals surface area contributed by atoms with Crippen LogP contribution in [0.3, 0.4) is 0 Å². The second-order valence-corrected chi connectivity index (χ2v) is 5.07. The maximum atomic E-state index is 12.4. The van der Waals surface area contributed by atoms with Crippen molar-refractivity contribution in [1.82, 2.24) is 15.1 Å². The van der Waals surface area contributed by atoms with Gasteiger partial charge in [0.05, 0.1) is 0 Å². The molecule has 2 amide bonds. The first-order valence-electron chi connectivity index (χ1n) is 7.03. The minimum atomic E-state index is -0.192. The fourth-order valence-electron chi connectivity index (χ4n) is 2.78. The van der Waals surface area contributed by atoms with Crippen molar-refractivity contribution in [2.45, 2.75) is 38.6 Å². The number of piperazine rings is 1. The number of nitrogens with one attached hydrogen (secondary N) is 1. The van der Waals surface area contributed by atoms with Gasteiger partial charge in [-0.05, 0) is 19.3 Å². The van der Waals surface area contributed by atoms with Crippen LogP contribution in [0.25, 0.3) is 0 Å². The van der Waals surface area contributed by atoms with Crippen LogP contribution in [0.1, 0.15) is 32.6 Å². The molecule has 0 aromatic carbocycles. The highest BCUT2D eigenvalue weighted by Crippen LogP contribution is 2.21. The van der Waals surface area contributed by atoms with Crippen LogP contribution in [0.2, 0.25) is 0 Å². The van der Waals surface area contributed by atoms with Gasteiger partial charge in [0.2, 0.25) is 11.8 Å². The Labute approximate surface area is 121 Å². The van der Waals surface area contributed by atoms with Crippen LogP contribution in [0.4, 0.5) is 0 Å². The van der Waals surface area contributed by atoms with E-state index in [1.165, 1.54) is 0 Å². The lowest BCUT2D eigenvalue weighted by Crippen LogP contribution is -2.53. The number of amides is 2. The summed E-state index contributed by atoms with van der Waals surface area (Å²) in [5.74, 6) is 0.293. The van der Waals surface area contributed by atoms with Crippen molar-refractivity contribution in [2.24, 2.45) is 0 Å². The number of carbonyl (C=O) groups excluding carboxylic acids is 2. The number of hydrogen-bond acceptors (Lipinski definition) is 3. The molecule has 0 aromatic heterocycles. The van der Waals surface area contributed by atoms with Gasteiger partial charge in [-0.1, -0.05) is 6.92 Å². The highest BCUT2D eigenvalue weighted by Gasteiger charge is 2.36. The second kappa shape index (κ2) is 7.70. The van der Waals surface area contributed by atoms with E-state index in [1.807, 2.05) is 11.8 Å². The molecule has 2 rings (SSSR count). The highest BCUT2D eigenvalue weighted by molar-refractivity contribution is 5.88. The van der Waals surface area contributed by atoms with Gasteiger partial charge in [0.15, 0.2) is 0 Å². The third-order valence-electron chi connectivity index (χ3n) is 3.75. The molecule has 0 aliphatic carbocycles. The van der Waals surface area contributed by atoms with E-state index in [0.29, 0.717) is 6.42 Å². The van der Waals surface area contributed by atoms with E-state index in [4.69, 9.17) is 0 Å². The zero-order valence-corrected chi connectivity index (χ0v) is 12.4. The van der Waals surface area contributed by atoms with Gasteiger partial charge in [-0.25, -0.2) is 0 Å². The summed E-state index contributed by atoms with van der Waals surface area (Å²) in [5.41, 5.74) is 0. The minimum Gasteiger partial charge on any atom is -0.338 e. The molecule has 0 spiro atoms. The van der Waals surface area contributed by atoms with Gasteiger partial charge in [0.25, 0.3) is 0 Å². The molecule has 1 N–H and O–H groups in total. The molecule has 110 valence electrons. The van der Waals surface area contributed by atoms with Gasteiger partial charge in [-0.2, -0.15) is 0 Å². The van der Waals surface area contributed by atoms with Crippen molar-refractivity contribution in [2.75, 3.05) is 32.7 Å². The third-order valence-corrected chi connectivity index (χ3v) is 3.75. The van der Waals surface area contributed by atoms with Crippen molar-refractivity contribution in [3.63, 3.8) is 0 Å². The first-order valence-corrected chi connectivity index (χ1v) is 7.03. The monoisotopic (exact) mass is 289 g/mol. The first kappa shape index (κ1) is 16.2. The van der Waals surface area contributed by atoms with E-state index >= 15 is 0 Å². The summed E-state index contributed by atoms with van der Waals surface area (Å²) >= 11 is 0. The average Bonchev–Trinajstić information content (AvgIpc) is 2.88. The zero-order valence-electron chi connectivity index (χ0n) is 11.6. The lowest BCUT2D eigenvalue weighted by molar-refractivity contribution is -0.144. The lowest BCUT2D eigenvalue weighted by atomic mass is 10.1. The molecule has 2 aliphatic heterocycles. The van der Waals surface area contributed by atoms with Crippen LogP contribution in [0, 0.1) is 0 Å². The van der Waals surface area contributed by atoms with E-state index in [9.17, 15) is 9.59 Å². The summed E-state index contributed by atoms with van der Waals surface area (Å²) in [6.07, 6.45) is 3.20. The van der Waals surface area contributed by atoms with Gasteiger partial charge in [-0.15, -0.1) is 12.4 Å². The molecule has 2 heterocycles. The van der Waals surface area contributed by atoms with Crippen LogP contribution >= 0.6 is 12.4 Å². The molecule has 0 bridgehead atoms. The molecule has 5 nitrogen and oxygen atoms in total. The Morgan fingerprint density at radius 2 is 1.89 bits per heavy atom. The highest BCUT2D eigenvalue weighted by atomic mass is 35.5. The number of carbonyl (C=O) groups is 2. The van der Waals surface area contributed by atoms with Crippen LogP contribution in [-0.2, 0) is 9.59 Å². The predicted molar refractivity (Wildman–Crippen MR) is 76.3 cm³/mol. The van der Waals surface area contributed by atoms with Crippen molar-refractivity contribution in [1.29, 1.82) is 0 Å². The van der Waals surface area contributed by atoms with E-state index < -0.39 is 0 Å². The summed E-state index contributed by atoms with van der Waals surface area (Å²) in [6.45, 7) is 6.02. The Kier molecular flexibility index (Phi) is 6.58. The fourth-order valence-corrected chi connectivity index (χ4v) is 2.78. The molecular formula is C13H24ClN3O2. The standard InChI is InChI=1S/C13H23N3O2.ClH/c1-2-4-12(17)16-8-3-5-11(16)13(18)15-9-6-14-7-10-15;/h11,14H,2-10H2,1H3;1H. The smallest absolute Gasteiger partial charge is 0.245 e. The number of hydrogen-bond donors (Lipinski definition) is 1. The Morgan fingerprint density at radius 3 is 2.53 bits per heavy atom. The first-order chi connectivity index (χ1) is 8.74. The van der Waals surface area contributed by atoms with E-state index in [2.05, 4.69) is 5.32 Å². The summed E-state index contributed by atoms with van der Waals surface area (Å²) in [5, 5.41) is 3.24. The topological polar surface area (TPSA) is 52.7 Å². The van der Waals surface area contributed by atoms with Crippen LogP contribution in [-0.4, -0.2) is 60.4 Å². The maximum Gasteiger partial charge on any atom is 0.245 e. The average molecular weight is 290 g/mol. The Balaban J connectivity index is 0.00000180. The lowest BCUT2D eigenvalue weighted by Gasteiger charge is -2.33. The molecule has 6 heteroatoms. The molecule has 2 aliphatic rings. The summed E-state index contributed by atoms with van der Waals surface area (Å²) in [4.78, 5) is 28.1. The molecule has 0 aromatic rings. The molecule has 2 saturated heterocycles. The number of halogens is 1. The largest absolute Gasteiger partial charge is 0.338 e. The van der Waals surface area contributed by atoms with Crippen LogP contribution in [0.15, 0.2) is 0 Å². The summed E-state index contributed by atoms with van der Waals surface area (Å²) < 4.78 is 0. The maximum absolute atomic E-state index is 12.4. The fraction of sp³-hybridized carbons (Fsp3) is 0.846. The van der Waals surface area contributed by atoms with Gasteiger partial charge >= 0.3 is 0 Å². The molecule has 19 heavy (non-hydrogen) atoms. The summed E-state index contributed by atoms with van der Waals surface area (Å²) in [7, 11) is 0. The third kappa shape index (κ3) is 3.83. The number of rotatable bonds is 3. The normalized spacial score (nSPS) is 23.1. The molecular weight excluding hydrogens is 266 g/mol. The van der Waals surface area contributed by atoms with E-state index in [0.717, 1.165) is 52.0 Å². The van der Waals surface area contributed by atoms with Gasteiger partial charge in [0.1, 0.15) is 6.04 Å². The van der Waals surface area contributed by atoms with Crippen LogP contribution < -0.4 is 5.32 Å². The molecule has 2 fully saturated rings. The van der Waals surface area contributed by atoms with Gasteiger partial charge < -0.3 is 15.1 Å². The zero-order chi connectivity index (χ0) is 13.0. The predicted octanol–water partition coefficient (Wildman–Crippen LogP) is 0.631. The van der Waals surface area contributed by atoms with Crippen molar-refractivity contribution < 1.29 is 9.59 Å². The second-order valence-electron chi connectivity index (χ2n) is 5.07. The number of likely N-dealkylation sites (tertiary alicyclic amines) is 1. The molecule has 0 saturated carbocycles. The van der Waals surface area contributed by atoms with E-state index in [1.54, 1.807) is 4.90 Å². The Bertz CT molecular complexity index is 319. The molecule has 0 radical (unpaired) electrons. The minimum absolute atomic E-state index is 0. The SMILES string of the molecule is CCCC(=O)N1CCCC1C(=O)N1CCNCC1.Cl. The molecule has 1 unspecified atom stereocenters. The van der Waals surface area contributed by atoms with Crippen molar-refractivity contribution in [3.05, 3.63) is 0 Å². The number of nitrogens with zero attached hydrogens (tertiary/aromatic N) is 2.